The maximum absolute atomic E-state index is 8.66. The molecule has 0 radical (unpaired) electrons. The van der Waals surface area contributed by atoms with Crippen molar-refractivity contribution < 1.29 is 9.47 Å². The van der Waals surface area contributed by atoms with Crippen molar-refractivity contribution in [2.45, 2.75) is 6.92 Å². The third-order valence-electron chi connectivity index (χ3n) is 2.04. The highest BCUT2D eigenvalue weighted by molar-refractivity contribution is 5.64. The third kappa shape index (κ3) is 3.25. The summed E-state index contributed by atoms with van der Waals surface area (Å²) >= 11 is 0. The van der Waals surface area contributed by atoms with Crippen LogP contribution in [-0.4, -0.2) is 13.7 Å². The Morgan fingerprint density at radius 1 is 1.29 bits per heavy atom. The first kappa shape index (κ1) is 12.6. The van der Waals surface area contributed by atoms with Gasteiger partial charge in [-0.3, -0.25) is 0 Å². The monoisotopic (exact) mass is 228 g/mol. The van der Waals surface area contributed by atoms with Gasteiger partial charge in [0, 0.05) is 0 Å². The summed E-state index contributed by atoms with van der Waals surface area (Å²) in [5.41, 5.74) is 0.782. The molecule has 17 heavy (non-hydrogen) atoms. The lowest BCUT2D eigenvalue weighted by atomic mass is 10.1. The van der Waals surface area contributed by atoms with Crippen molar-refractivity contribution in [3.8, 4) is 23.6 Å². The van der Waals surface area contributed by atoms with E-state index in [1.165, 1.54) is 6.08 Å². The molecule has 0 aliphatic rings. The van der Waals surface area contributed by atoms with Crippen LogP contribution >= 0.6 is 0 Å². The summed E-state index contributed by atoms with van der Waals surface area (Å²) in [6, 6.07) is 8.85. The molecule has 4 heteroatoms. The average molecular weight is 228 g/mol. The molecule has 1 aromatic carbocycles. The normalized spacial score (nSPS) is 8.71. The molecule has 0 saturated carbocycles. The number of nitrogens with zero attached hydrogens (tertiary/aromatic N) is 2. The number of hydrogen-bond donors (Lipinski definition) is 0. The summed E-state index contributed by atoms with van der Waals surface area (Å²) < 4.78 is 10.5. The molecule has 86 valence electrons. The Balaban J connectivity index is 3.13. The van der Waals surface area contributed by atoms with E-state index in [1.807, 2.05) is 19.1 Å². The molecule has 0 amide bonds. The second-order valence-corrected chi connectivity index (χ2v) is 3.12. The Labute approximate surface area is 100 Å². The second-order valence-electron chi connectivity index (χ2n) is 3.12. The molecular formula is C13H12N2O2. The van der Waals surface area contributed by atoms with Crippen LogP contribution in [0.1, 0.15) is 12.5 Å². The van der Waals surface area contributed by atoms with Crippen LogP contribution in [0, 0.1) is 22.7 Å². The molecule has 0 N–H and O–H groups in total. The van der Waals surface area contributed by atoms with Crippen molar-refractivity contribution in [3.63, 3.8) is 0 Å². The fourth-order valence-corrected chi connectivity index (χ4v) is 1.31. The maximum Gasteiger partial charge on any atom is 0.161 e. The van der Waals surface area contributed by atoms with Gasteiger partial charge in [-0.1, -0.05) is 6.07 Å². The van der Waals surface area contributed by atoms with Gasteiger partial charge in [0.15, 0.2) is 11.5 Å². The first-order valence-electron chi connectivity index (χ1n) is 5.07. The molecule has 0 atom stereocenters. The molecular weight excluding hydrogens is 216 g/mol. The zero-order valence-corrected chi connectivity index (χ0v) is 9.73. The van der Waals surface area contributed by atoms with Gasteiger partial charge in [0.25, 0.3) is 0 Å². The standard InChI is InChI=1S/C13H12N2O2/c1-3-17-13-7-10(4-5-12(13)16-2)6-11(8-14)9-15/h4-7H,3H2,1-2H3. The van der Waals surface area contributed by atoms with E-state index in [2.05, 4.69) is 0 Å². The van der Waals surface area contributed by atoms with E-state index < -0.39 is 0 Å². The first-order valence-corrected chi connectivity index (χ1v) is 5.07. The predicted molar refractivity (Wildman–Crippen MR) is 63.4 cm³/mol. The van der Waals surface area contributed by atoms with Gasteiger partial charge in [-0.05, 0) is 30.7 Å². The van der Waals surface area contributed by atoms with Crippen LogP contribution in [0.2, 0.25) is 0 Å². The zero-order valence-electron chi connectivity index (χ0n) is 9.73. The molecule has 0 fully saturated rings. The molecule has 0 bridgehead atoms. The summed E-state index contributed by atoms with van der Waals surface area (Å²) in [6.07, 6.45) is 1.50. The van der Waals surface area contributed by atoms with Crippen molar-refractivity contribution in [2.75, 3.05) is 13.7 Å². The van der Waals surface area contributed by atoms with E-state index in [-0.39, 0.29) is 5.57 Å². The van der Waals surface area contributed by atoms with Crippen LogP contribution in [0.3, 0.4) is 0 Å². The van der Waals surface area contributed by atoms with Gasteiger partial charge in [0.05, 0.1) is 13.7 Å². The van der Waals surface area contributed by atoms with Gasteiger partial charge >= 0.3 is 0 Å². The number of benzene rings is 1. The van der Waals surface area contributed by atoms with Gasteiger partial charge in [-0.2, -0.15) is 10.5 Å². The van der Waals surface area contributed by atoms with Gasteiger partial charge in [-0.15, -0.1) is 0 Å². The average Bonchev–Trinajstić information content (AvgIpc) is 2.36. The summed E-state index contributed by atoms with van der Waals surface area (Å²) in [4.78, 5) is 0. The second kappa shape index (κ2) is 6.19. The molecule has 4 nitrogen and oxygen atoms in total. The highest BCUT2D eigenvalue weighted by atomic mass is 16.5. The minimum atomic E-state index is 0.0533. The van der Waals surface area contributed by atoms with E-state index in [1.54, 1.807) is 25.3 Å². The molecule has 0 aromatic heterocycles. The predicted octanol–water partition coefficient (Wildman–Crippen LogP) is 2.52. The molecule has 0 aliphatic carbocycles. The molecule has 1 aromatic rings. The molecule has 0 saturated heterocycles. The lowest BCUT2D eigenvalue weighted by Gasteiger charge is -2.09. The van der Waals surface area contributed by atoms with Crippen LogP contribution in [-0.2, 0) is 0 Å². The van der Waals surface area contributed by atoms with Crippen molar-refractivity contribution in [2.24, 2.45) is 0 Å². The van der Waals surface area contributed by atoms with E-state index in [4.69, 9.17) is 20.0 Å². The summed E-state index contributed by atoms with van der Waals surface area (Å²) in [7, 11) is 1.56. The Hall–Kier alpha value is -2.46. The number of nitriles is 2. The fourth-order valence-electron chi connectivity index (χ4n) is 1.31. The van der Waals surface area contributed by atoms with Crippen LogP contribution in [0.15, 0.2) is 23.8 Å². The lowest BCUT2D eigenvalue weighted by molar-refractivity contribution is 0.311. The summed E-state index contributed by atoms with van der Waals surface area (Å²) in [5.74, 6) is 1.22. The minimum absolute atomic E-state index is 0.0533. The van der Waals surface area contributed by atoms with Crippen LogP contribution in [0.4, 0.5) is 0 Å². The van der Waals surface area contributed by atoms with Crippen LogP contribution in [0.5, 0.6) is 11.5 Å². The van der Waals surface area contributed by atoms with E-state index in [9.17, 15) is 0 Å². The molecule has 0 spiro atoms. The molecule has 0 unspecified atom stereocenters. The van der Waals surface area contributed by atoms with Crippen molar-refractivity contribution in [1.82, 2.24) is 0 Å². The number of allylic oxidation sites excluding steroid dienone is 1. The zero-order chi connectivity index (χ0) is 12.7. The quantitative estimate of drug-likeness (QED) is 0.742. The van der Waals surface area contributed by atoms with Gasteiger partial charge in [0.1, 0.15) is 17.7 Å². The fraction of sp³-hybridized carbons (Fsp3) is 0.231. The van der Waals surface area contributed by atoms with Crippen molar-refractivity contribution >= 4 is 6.08 Å². The van der Waals surface area contributed by atoms with E-state index in [0.717, 1.165) is 5.56 Å². The summed E-state index contributed by atoms with van der Waals surface area (Å²) in [5, 5.41) is 17.3. The van der Waals surface area contributed by atoms with E-state index in [0.29, 0.717) is 18.1 Å². The summed E-state index contributed by atoms with van der Waals surface area (Å²) in [6.45, 7) is 2.39. The van der Waals surface area contributed by atoms with Crippen molar-refractivity contribution in [3.05, 3.63) is 29.3 Å². The van der Waals surface area contributed by atoms with Gasteiger partial charge < -0.3 is 9.47 Å². The topological polar surface area (TPSA) is 66.0 Å². The number of hydrogen-bond acceptors (Lipinski definition) is 4. The molecule has 0 aliphatic heterocycles. The Bertz CT molecular complexity index is 491. The molecule has 1 rings (SSSR count). The number of methoxy groups -OCH3 is 1. The Kier molecular flexibility index (Phi) is 4.59. The van der Waals surface area contributed by atoms with Gasteiger partial charge in [-0.25, -0.2) is 0 Å². The highest BCUT2D eigenvalue weighted by Gasteiger charge is 2.04. The SMILES string of the molecule is CCOc1cc(C=C(C#N)C#N)ccc1OC. The van der Waals surface area contributed by atoms with Gasteiger partial charge in [0.2, 0.25) is 0 Å². The van der Waals surface area contributed by atoms with Crippen molar-refractivity contribution in [1.29, 1.82) is 10.5 Å². The highest BCUT2D eigenvalue weighted by Crippen LogP contribution is 2.28. The minimum Gasteiger partial charge on any atom is -0.493 e. The number of rotatable bonds is 4. The number of ether oxygens (including phenoxy) is 2. The Morgan fingerprint density at radius 3 is 2.53 bits per heavy atom. The lowest BCUT2D eigenvalue weighted by Crippen LogP contribution is -1.95. The van der Waals surface area contributed by atoms with E-state index >= 15 is 0 Å². The van der Waals surface area contributed by atoms with Crippen LogP contribution in [0.25, 0.3) is 6.08 Å². The third-order valence-corrected chi connectivity index (χ3v) is 2.04. The largest absolute Gasteiger partial charge is 0.493 e. The first-order chi connectivity index (χ1) is 8.24. The molecule has 0 heterocycles. The Morgan fingerprint density at radius 2 is 2.00 bits per heavy atom. The van der Waals surface area contributed by atoms with Crippen LogP contribution < -0.4 is 9.47 Å². The maximum atomic E-state index is 8.66. The smallest absolute Gasteiger partial charge is 0.161 e.